The van der Waals surface area contributed by atoms with Gasteiger partial charge in [0.05, 0.1) is 0 Å². The Bertz CT molecular complexity index is 750. The third-order valence-corrected chi connectivity index (χ3v) is 14.9. The van der Waals surface area contributed by atoms with Crippen molar-refractivity contribution in [3.63, 3.8) is 0 Å². The Morgan fingerprint density at radius 2 is 0.630 bits per heavy atom. The molecule has 0 saturated carbocycles. The normalized spacial score (nSPS) is 10.3. The Hall–Kier alpha value is -0.832. The van der Waals surface area contributed by atoms with Crippen LogP contribution in [0.2, 0.25) is 0 Å². The molecule has 0 aliphatic heterocycles. The monoisotopic (exact) mass is 581 g/mol. The average molecular weight is 582 g/mol. The van der Waals surface area contributed by atoms with Gasteiger partial charge in [-0.15, -0.1) is 0 Å². The Balaban J connectivity index is 0.00000182. The Morgan fingerprint density at radius 3 is 0.815 bits per heavy atom. The van der Waals surface area contributed by atoms with Crippen LogP contribution in [0.25, 0.3) is 0 Å². The molecule has 1 radical (unpaired) electrons. The third-order valence-electron chi connectivity index (χ3n) is 4.99. The maximum Gasteiger partial charge on any atom is -0.412 e. The minimum Gasteiger partial charge on any atom is -1.00 e. The second-order valence-electron chi connectivity index (χ2n) is 7.06. The molecule has 0 saturated heterocycles. The molecule has 0 aliphatic carbocycles. The van der Waals surface area contributed by atoms with E-state index >= 15 is 0 Å². The van der Waals surface area contributed by atoms with Crippen LogP contribution in [-0.2, 0) is 0 Å². The molecule has 3 rings (SSSR count). The first-order chi connectivity index (χ1) is 11.9. The summed E-state index contributed by atoms with van der Waals surface area (Å²) in [5.74, 6) is 0. The molecule has 0 heterocycles. The molecule has 3 aromatic rings. The molecule has 0 fully saturated rings. The Labute approximate surface area is 188 Å². The number of rotatable bonds is 3. The van der Waals surface area contributed by atoms with E-state index in [4.69, 9.17) is 0 Å². The van der Waals surface area contributed by atoms with Gasteiger partial charge in [0.1, 0.15) is 0 Å². The van der Waals surface area contributed by atoms with E-state index in [1.54, 1.807) is 10.5 Å². The summed E-state index contributed by atoms with van der Waals surface area (Å²) in [4.78, 5) is 0. The van der Waals surface area contributed by atoms with E-state index in [1.165, 1.54) is 33.4 Å². The van der Waals surface area contributed by atoms with E-state index in [1.807, 2.05) is 0 Å². The van der Waals surface area contributed by atoms with E-state index in [-0.39, 0.29) is 29.5 Å². The van der Waals surface area contributed by atoms with Crippen molar-refractivity contribution in [2.24, 2.45) is 0 Å². The number of halogens is 1. The zero-order chi connectivity index (χ0) is 18.1. The third kappa shape index (κ3) is 4.78. The van der Waals surface area contributed by atoms with Crippen molar-refractivity contribution < 1.29 is 29.5 Å². The average Bonchev–Trinajstić information content (AvgIpc) is 2.53. The SMILES string of the molecule is Cc1cccc(C)[c]1[Sb+]([c]1c(C)cccc1C)[c]1c(C)cccc1C.O.[I-]. The second-order valence-corrected chi connectivity index (χ2v) is 12.8. The molecule has 0 unspecified atom stereocenters. The van der Waals surface area contributed by atoms with Crippen molar-refractivity contribution in [2.75, 3.05) is 0 Å². The molecule has 1 nitrogen and oxygen atoms in total. The molecule has 0 bridgehead atoms. The fraction of sp³-hybridized carbons (Fsp3) is 0.250. The molecule has 0 spiro atoms. The Kier molecular flexibility index (Phi) is 9.05. The van der Waals surface area contributed by atoms with Crippen LogP contribution >= 0.6 is 0 Å². The van der Waals surface area contributed by atoms with Crippen molar-refractivity contribution >= 4 is 30.7 Å². The van der Waals surface area contributed by atoms with Gasteiger partial charge in [-0.2, -0.15) is 0 Å². The fourth-order valence-electron chi connectivity index (χ4n) is 3.81. The zero-order valence-corrected chi connectivity index (χ0v) is 21.7. The first-order valence-electron chi connectivity index (χ1n) is 8.90. The van der Waals surface area contributed by atoms with Crippen LogP contribution < -0.4 is 34.5 Å². The minimum atomic E-state index is -2.13. The topological polar surface area (TPSA) is 31.5 Å². The predicted molar refractivity (Wildman–Crippen MR) is 116 cm³/mol. The van der Waals surface area contributed by atoms with Gasteiger partial charge in [-0.25, -0.2) is 0 Å². The van der Waals surface area contributed by atoms with Gasteiger partial charge in [0, 0.05) is 0 Å². The van der Waals surface area contributed by atoms with Crippen LogP contribution in [0.5, 0.6) is 0 Å². The second kappa shape index (κ2) is 10.1. The Morgan fingerprint density at radius 1 is 0.444 bits per heavy atom. The van der Waals surface area contributed by atoms with Gasteiger partial charge in [-0.1, -0.05) is 0 Å². The van der Waals surface area contributed by atoms with E-state index in [2.05, 4.69) is 96.1 Å². The van der Waals surface area contributed by atoms with Crippen molar-refractivity contribution in [2.45, 2.75) is 41.5 Å². The first kappa shape index (κ1) is 24.2. The standard InChI is InChI=1S/3C8H9.HI.H2O.Sb/c3*1-7-4-3-5-8(2)6-7;;;/h3*3-5H,1-2H3;1H;1H2;/q;;;;;+1/p-1. The molecule has 143 valence electrons. The van der Waals surface area contributed by atoms with E-state index in [0.29, 0.717) is 0 Å². The van der Waals surface area contributed by atoms with Crippen molar-refractivity contribution in [3.8, 4) is 0 Å². The van der Waals surface area contributed by atoms with Crippen molar-refractivity contribution in [1.29, 1.82) is 0 Å². The van der Waals surface area contributed by atoms with E-state index in [9.17, 15) is 0 Å². The predicted octanol–water partition coefficient (Wildman–Crippen LogP) is 0.233. The summed E-state index contributed by atoms with van der Waals surface area (Å²) in [7, 11) is 0. The smallest absolute Gasteiger partial charge is 0.412 e. The maximum atomic E-state index is 2.29. The molecule has 0 aromatic heterocycles. The molecule has 3 aromatic carbocycles. The summed E-state index contributed by atoms with van der Waals surface area (Å²) in [5, 5.41) is 0. The van der Waals surface area contributed by atoms with Gasteiger partial charge < -0.3 is 29.5 Å². The molecular weight excluding hydrogens is 553 g/mol. The van der Waals surface area contributed by atoms with Gasteiger partial charge >= 0.3 is 160 Å². The summed E-state index contributed by atoms with van der Waals surface area (Å²) in [6.07, 6.45) is 0. The van der Waals surface area contributed by atoms with E-state index < -0.39 is 20.2 Å². The van der Waals surface area contributed by atoms with Crippen molar-refractivity contribution in [3.05, 3.63) is 88.0 Å². The molecule has 27 heavy (non-hydrogen) atoms. The molecule has 3 heteroatoms. The summed E-state index contributed by atoms with van der Waals surface area (Å²) in [6.45, 7) is 13.8. The first-order valence-corrected chi connectivity index (χ1v) is 12.7. The molecular formula is C24H29IOSb. The number of hydrogen-bond donors (Lipinski definition) is 0. The van der Waals surface area contributed by atoms with Crippen LogP contribution in [0.3, 0.4) is 0 Å². The fourth-order valence-corrected chi connectivity index (χ4v) is 13.0. The van der Waals surface area contributed by atoms with Crippen LogP contribution in [-0.4, -0.2) is 25.7 Å². The molecule has 0 atom stereocenters. The van der Waals surface area contributed by atoms with Crippen LogP contribution in [0.1, 0.15) is 33.4 Å². The van der Waals surface area contributed by atoms with Gasteiger partial charge in [-0.05, 0) is 0 Å². The van der Waals surface area contributed by atoms with Gasteiger partial charge in [-0.3, -0.25) is 0 Å². The molecule has 2 N–H and O–H groups in total. The van der Waals surface area contributed by atoms with Crippen molar-refractivity contribution in [1.82, 2.24) is 0 Å². The number of benzene rings is 3. The van der Waals surface area contributed by atoms with Crippen LogP contribution in [0.4, 0.5) is 0 Å². The number of hydrogen-bond acceptors (Lipinski definition) is 0. The summed E-state index contributed by atoms with van der Waals surface area (Å²) < 4.78 is 4.92. The van der Waals surface area contributed by atoms with Gasteiger partial charge in [0.15, 0.2) is 0 Å². The number of aryl methyl sites for hydroxylation is 6. The maximum absolute atomic E-state index is 2.29. The minimum absolute atomic E-state index is 0. The summed E-state index contributed by atoms with van der Waals surface area (Å²) in [5.41, 5.74) is 8.71. The quantitative estimate of drug-likeness (QED) is 0.314. The van der Waals surface area contributed by atoms with E-state index in [0.717, 1.165) is 0 Å². The summed E-state index contributed by atoms with van der Waals surface area (Å²) in [6, 6.07) is 20.3. The van der Waals surface area contributed by atoms with Gasteiger partial charge in [0.2, 0.25) is 0 Å². The van der Waals surface area contributed by atoms with Gasteiger partial charge in [0.25, 0.3) is 0 Å². The van der Waals surface area contributed by atoms with Crippen LogP contribution in [0, 0.1) is 41.5 Å². The largest absolute Gasteiger partial charge is 1.00 e. The van der Waals surface area contributed by atoms with Crippen LogP contribution in [0.15, 0.2) is 54.6 Å². The molecule has 0 amide bonds. The summed E-state index contributed by atoms with van der Waals surface area (Å²) >= 11 is -2.13. The zero-order valence-electron chi connectivity index (χ0n) is 17.0. The molecule has 0 aliphatic rings.